The van der Waals surface area contributed by atoms with Gasteiger partial charge in [-0.05, 0) is 35.4 Å². The molecule has 5 rings (SSSR count). The van der Waals surface area contributed by atoms with Crippen molar-refractivity contribution in [3.8, 4) is 0 Å². The fraction of sp³-hybridized carbons (Fsp3) is 0.348. The van der Waals surface area contributed by atoms with Crippen LogP contribution in [0.3, 0.4) is 0 Å². The molecule has 4 atom stereocenters. The average Bonchev–Trinajstić information content (AvgIpc) is 3.26. The Kier molecular flexibility index (Phi) is 3.75. The van der Waals surface area contributed by atoms with Crippen molar-refractivity contribution in [2.75, 3.05) is 4.90 Å². The Morgan fingerprint density at radius 3 is 2.07 bits per heavy atom. The molecule has 6 heteroatoms. The zero-order valence-corrected chi connectivity index (χ0v) is 17.2. The molecule has 29 heavy (non-hydrogen) atoms. The lowest BCUT2D eigenvalue weighted by atomic mass is 9.77. The molecule has 2 saturated heterocycles. The minimum Gasteiger partial charge on any atom is -0.326 e. The van der Waals surface area contributed by atoms with Crippen molar-refractivity contribution in [3.05, 3.63) is 64.7 Å². The van der Waals surface area contributed by atoms with Crippen LogP contribution in [-0.4, -0.2) is 22.6 Å². The molecule has 0 saturated carbocycles. The minimum absolute atomic E-state index is 0.0546. The number of amides is 3. The fourth-order valence-corrected chi connectivity index (χ4v) is 5.31. The Hall–Kier alpha value is -2.66. The lowest BCUT2D eigenvalue weighted by molar-refractivity contribution is -0.143. The van der Waals surface area contributed by atoms with Crippen LogP contribution in [0.2, 0.25) is 5.02 Å². The lowest BCUT2D eigenvalue weighted by Crippen LogP contribution is -2.42. The summed E-state index contributed by atoms with van der Waals surface area (Å²) >= 11 is 6.24. The zero-order valence-electron chi connectivity index (χ0n) is 16.4. The number of carbonyl (C=O) groups is 3. The van der Waals surface area contributed by atoms with Gasteiger partial charge in [0, 0.05) is 10.4 Å². The fourth-order valence-electron chi connectivity index (χ4n) is 5.13. The van der Waals surface area contributed by atoms with E-state index in [0.717, 1.165) is 11.1 Å². The van der Waals surface area contributed by atoms with Gasteiger partial charge in [-0.25, -0.2) is 4.90 Å². The Bertz CT molecular complexity index is 1060. The monoisotopic (exact) mass is 408 g/mol. The van der Waals surface area contributed by atoms with Crippen LogP contribution in [0.25, 0.3) is 0 Å². The third-order valence-electron chi connectivity index (χ3n) is 6.25. The smallest absolute Gasteiger partial charge is 0.240 e. The van der Waals surface area contributed by atoms with Crippen LogP contribution in [0.15, 0.2) is 48.5 Å². The Morgan fingerprint density at radius 1 is 0.897 bits per heavy atom. The van der Waals surface area contributed by atoms with Gasteiger partial charge in [0.15, 0.2) is 0 Å². The van der Waals surface area contributed by atoms with E-state index in [0.29, 0.717) is 10.7 Å². The maximum Gasteiger partial charge on any atom is 0.240 e. The predicted octanol–water partition coefficient (Wildman–Crippen LogP) is 4.13. The topological polar surface area (TPSA) is 57.7 Å². The van der Waals surface area contributed by atoms with Gasteiger partial charge in [-0.2, -0.15) is 0 Å². The number of fused-ring (bicyclic) bond motifs is 8. The molecule has 3 amide bonds. The van der Waals surface area contributed by atoms with Crippen molar-refractivity contribution >= 4 is 35.0 Å². The Balaban J connectivity index is 1.66. The Morgan fingerprint density at radius 2 is 1.48 bits per heavy atom. The minimum atomic E-state index is -0.619. The van der Waals surface area contributed by atoms with Crippen LogP contribution < -0.4 is 4.90 Å². The van der Waals surface area contributed by atoms with Gasteiger partial charge in [0.25, 0.3) is 0 Å². The van der Waals surface area contributed by atoms with Gasteiger partial charge in [-0.15, -0.1) is 0 Å². The number of nitrogens with zero attached hydrogens (tertiary/aromatic N) is 2. The molecule has 5 nitrogen and oxygen atoms in total. The first kappa shape index (κ1) is 18.4. The second-order valence-corrected chi connectivity index (χ2v) is 9.46. The molecule has 0 N–H and O–H groups in total. The van der Waals surface area contributed by atoms with Crippen LogP contribution in [0, 0.1) is 17.3 Å². The van der Waals surface area contributed by atoms with E-state index in [1.165, 1.54) is 4.90 Å². The lowest BCUT2D eigenvalue weighted by Gasteiger charge is -2.32. The second kappa shape index (κ2) is 5.92. The van der Waals surface area contributed by atoms with Gasteiger partial charge in [-0.1, -0.05) is 56.6 Å². The maximum atomic E-state index is 13.4. The predicted molar refractivity (Wildman–Crippen MR) is 109 cm³/mol. The molecule has 2 aromatic rings. The summed E-state index contributed by atoms with van der Waals surface area (Å²) in [5, 5.41) is 0.563. The van der Waals surface area contributed by atoms with Gasteiger partial charge in [-0.3, -0.25) is 14.4 Å². The molecule has 0 unspecified atom stereocenters. The summed E-state index contributed by atoms with van der Waals surface area (Å²) in [6.07, 6.45) is 0. The highest BCUT2D eigenvalue weighted by Gasteiger charge is 2.68. The molecule has 3 heterocycles. The number of imide groups is 1. The number of hydrogen-bond donors (Lipinski definition) is 0. The summed E-state index contributed by atoms with van der Waals surface area (Å²) in [5.41, 5.74) is 1.77. The highest BCUT2D eigenvalue weighted by molar-refractivity contribution is 6.30. The van der Waals surface area contributed by atoms with Gasteiger partial charge in [0.05, 0.1) is 29.6 Å². The molecule has 0 aliphatic carbocycles. The van der Waals surface area contributed by atoms with E-state index >= 15 is 0 Å². The number of rotatable bonds is 1. The van der Waals surface area contributed by atoms with E-state index in [4.69, 9.17) is 11.6 Å². The molecule has 3 aliphatic heterocycles. The normalized spacial score (nSPS) is 27.4. The summed E-state index contributed by atoms with van der Waals surface area (Å²) in [6, 6.07) is 13.6. The third kappa shape index (κ3) is 2.37. The van der Waals surface area contributed by atoms with E-state index in [2.05, 4.69) is 0 Å². The molecule has 2 aromatic carbocycles. The summed E-state index contributed by atoms with van der Waals surface area (Å²) in [5.74, 6) is -1.67. The highest BCUT2D eigenvalue weighted by atomic mass is 35.5. The highest BCUT2D eigenvalue weighted by Crippen LogP contribution is 2.63. The summed E-state index contributed by atoms with van der Waals surface area (Å²) < 4.78 is 0. The van der Waals surface area contributed by atoms with Crippen LogP contribution >= 0.6 is 11.6 Å². The van der Waals surface area contributed by atoms with E-state index in [1.807, 2.05) is 51.1 Å². The first-order valence-electron chi connectivity index (χ1n) is 9.77. The largest absolute Gasteiger partial charge is 0.326 e. The number of carbonyl (C=O) groups excluding carboxylic acids is 3. The van der Waals surface area contributed by atoms with E-state index in [-0.39, 0.29) is 17.7 Å². The molecule has 0 spiro atoms. The van der Waals surface area contributed by atoms with Crippen LogP contribution in [0.4, 0.5) is 5.69 Å². The van der Waals surface area contributed by atoms with Crippen molar-refractivity contribution in [1.82, 2.24) is 4.90 Å². The molecular formula is C23H21ClN2O3. The van der Waals surface area contributed by atoms with E-state index < -0.39 is 29.3 Å². The van der Waals surface area contributed by atoms with Crippen molar-refractivity contribution in [2.24, 2.45) is 17.3 Å². The van der Waals surface area contributed by atoms with Crippen LogP contribution in [0.1, 0.15) is 44.0 Å². The zero-order chi connectivity index (χ0) is 20.7. The standard InChI is InChI=1S/C23H21ClN2O3/c1-23(2,3)22(29)26-18-14-10-9-12(24)11-15(14)19(26)17-16(18)20(27)25(21(17)28)13-7-5-4-6-8-13/h4-11,16-19H,1-3H3/t16-,17-,18-,19-/m0/s1. The SMILES string of the molecule is CC(C)(C)C(=O)N1[C@H]2c3ccc(Cl)cc3[C@H]1[C@H]1C(=O)N(c3ccccc3)C(=O)[C@@H]12. The van der Waals surface area contributed by atoms with Crippen molar-refractivity contribution in [3.63, 3.8) is 0 Å². The Labute approximate surface area is 174 Å². The average molecular weight is 409 g/mol. The summed E-state index contributed by atoms with van der Waals surface area (Å²) in [4.78, 5) is 43.3. The maximum absolute atomic E-state index is 13.4. The number of halogens is 1. The van der Waals surface area contributed by atoms with Gasteiger partial charge >= 0.3 is 0 Å². The first-order valence-corrected chi connectivity index (χ1v) is 10.1. The van der Waals surface area contributed by atoms with Gasteiger partial charge in [0.2, 0.25) is 17.7 Å². The van der Waals surface area contributed by atoms with Crippen molar-refractivity contribution < 1.29 is 14.4 Å². The van der Waals surface area contributed by atoms with E-state index in [1.54, 1.807) is 23.1 Å². The number of benzene rings is 2. The number of para-hydroxylation sites is 1. The van der Waals surface area contributed by atoms with Crippen molar-refractivity contribution in [2.45, 2.75) is 32.9 Å². The molecule has 2 bridgehead atoms. The summed E-state index contributed by atoms with van der Waals surface area (Å²) in [7, 11) is 0. The van der Waals surface area contributed by atoms with Gasteiger partial charge in [0.1, 0.15) is 0 Å². The van der Waals surface area contributed by atoms with Gasteiger partial charge < -0.3 is 4.90 Å². The molecular weight excluding hydrogens is 388 g/mol. The van der Waals surface area contributed by atoms with Crippen LogP contribution in [0.5, 0.6) is 0 Å². The van der Waals surface area contributed by atoms with Crippen LogP contribution in [-0.2, 0) is 14.4 Å². The molecule has 148 valence electrons. The first-order chi connectivity index (χ1) is 13.7. The van der Waals surface area contributed by atoms with E-state index in [9.17, 15) is 14.4 Å². The number of hydrogen-bond acceptors (Lipinski definition) is 3. The molecule has 3 aliphatic rings. The number of anilines is 1. The second-order valence-electron chi connectivity index (χ2n) is 9.02. The molecule has 2 fully saturated rings. The quantitative estimate of drug-likeness (QED) is 0.666. The third-order valence-corrected chi connectivity index (χ3v) is 6.49. The summed E-state index contributed by atoms with van der Waals surface area (Å²) in [6.45, 7) is 5.58. The molecule has 0 radical (unpaired) electrons. The van der Waals surface area contributed by atoms with Crippen molar-refractivity contribution in [1.29, 1.82) is 0 Å². The molecule has 0 aromatic heterocycles.